The molecule has 0 aromatic carbocycles. The topological polar surface area (TPSA) is 131 Å². The van der Waals surface area contributed by atoms with Gasteiger partial charge >= 0.3 is 7.82 Å². The number of hydrogen-bond donors (Lipinski definition) is 4. The third-order valence-electron chi connectivity index (χ3n) is 10.00. The molecule has 8 nitrogen and oxygen atoms in total. The van der Waals surface area contributed by atoms with Crippen molar-refractivity contribution in [1.82, 2.24) is 5.32 Å². The van der Waals surface area contributed by atoms with Gasteiger partial charge in [0.2, 0.25) is 5.91 Å². The van der Waals surface area contributed by atoms with Gasteiger partial charge in [0, 0.05) is 13.0 Å². The SMILES string of the molecule is CCCCCCC/C=C\C/C=C\C/C=C\CCCCCCCCCCC(=O)NC(COP(=O)(O)OCCN)C(O)CCCCCCCCCCCCCC. The minimum Gasteiger partial charge on any atom is -0.391 e. The second kappa shape index (κ2) is 41.4. The molecular weight excluding hydrogens is 695 g/mol. The van der Waals surface area contributed by atoms with Gasteiger partial charge in [0.05, 0.1) is 25.4 Å². The Morgan fingerprint density at radius 3 is 1.48 bits per heavy atom. The Morgan fingerprint density at radius 1 is 0.611 bits per heavy atom. The van der Waals surface area contributed by atoms with E-state index in [1.54, 1.807) is 0 Å². The van der Waals surface area contributed by atoms with Crippen molar-refractivity contribution in [3.05, 3.63) is 36.5 Å². The van der Waals surface area contributed by atoms with Crippen molar-refractivity contribution < 1.29 is 28.4 Å². The summed E-state index contributed by atoms with van der Waals surface area (Å²) >= 11 is 0. The van der Waals surface area contributed by atoms with Gasteiger partial charge in [-0.15, -0.1) is 0 Å². The molecule has 5 N–H and O–H groups in total. The molecule has 9 heteroatoms. The maximum atomic E-state index is 12.8. The smallest absolute Gasteiger partial charge is 0.391 e. The Hall–Kier alpha value is -1.28. The number of phosphoric acid groups is 1. The zero-order valence-corrected chi connectivity index (χ0v) is 36.1. The van der Waals surface area contributed by atoms with Crippen LogP contribution in [0, 0.1) is 0 Å². The van der Waals surface area contributed by atoms with Crippen LogP contribution in [0.2, 0.25) is 0 Å². The molecule has 0 radical (unpaired) electrons. The van der Waals surface area contributed by atoms with E-state index in [-0.39, 0.29) is 25.7 Å². The number of aliphatic hydroxyl groups is 1. The largest absolute Gasteiger partial charge is 0.472 e. The number of phosphoric ester groups is 1. The van der Waals surface area contributed by atoms with E-state index in [9.17, 15) is 19.4 Å². The van der Waals surface area contributed by atoms with Crippen LogP contribution in [-0.2, 0) is 18.4 Å². The van der Waals surface area contributed by atoms with Crippen molar-refractivity contribution in [2.45, 2.75) is 225 Å². The van der Waals surface area contributed by atoms with Crippen LogP contribution in [-0.4, -0.2) is 47.8 Å². The van der Waals surface area contributed by atoms with Crippen LogP contribution in [0.1, 0.15) is 213 Å². The predicted molar refractivity (Wildman–Crippen MR) is 231 cm³/mol. The van der Waals surface area contributed by atoms with Crippen LogP contribution >= 0.6 is 7.82 Å². The molecule has 0 aromatic rings. The molecule has 1 amide bonds. The predicted octanol–water partition coefficient (Wildman–Crippen LogP) is 12.7. The van der Waals surface area contributed by atoms with Crippen molar-refractivity contribution in [3.63, 3.8) is 0 Å². The van der Waals surface area contributed by atoms with Gasteiger partial charge in [-0.1, -0.05) is 192 Å². The number of nitrogens with two attached hydrogens (primary N) is 1. The number of carbonyl (C=O) groups excluding carboxylic acids is 1. The summed E-state index contributed by atoms with van der Waals surface area (Å²) in [5, 5.41) is 13.8. The number of unbranched alkanes of at least 4 members (excludes halogenated alkanes) is 24. The van der Waals surface area contributed by atoms with Crippen molar-refractivity contribution in [2.24, 2.45) is 5.73 Å². The zero-order valence-electron chi connectivity index (χ0n) is 35.2. The van der Waals surface area contributed by atoms with Crippen molar-refractivity contribution in [1.29, 1.82) is 0 Å². The fourth-order valence-electron chi connectivity index (χ4n) is 6.56. The van der Waals surface area contributed by atoms with Crippen molar-refractivity contribution in [2.75, 3.05) is 19.8 Å². The molecule has 0 heterocycles. The lowest BCUT2D eigenvalue weighted by Gasteiger charge is -2.25. The first-order valence-corrected chi connectivity index (χ1v) is 24.1. The lowest BCUT2D eigenvalue weighted by Crippen LogP contribution is -2.46. The maximum Gasteiger partial charge on any atom is 0.472 e. The first-order valence-electron chi connectivity index (χ1n) is 22.6. The monoisotopic (exact) mass is 783 g/mol. The highest BCUT2D eigenvalue weighted by Crippen LogP contribution is 2.43. The first-order chi connectivity index (χ1) is 26.4. The minimum absolute atomic E-state index is 0.0869. The molecule has 0 spiro atoms. The molecule has 3 unspecified atom stereocenters. The number of amides is 1. The van der Waals surface area contributed by atoms with Gasteiger partial charge in [0.15, 0.2) is 0 Å². The van der Waals surface area contributed by atoms with Gasteiger partial charge < -0.3 is 21.1 Å². The van der Waals surface area contributed by atoms with Crippen molar-refractivity contribution >= 4 is 13.7 Å². The molecule has 0 aliphatic heterocycles. The van der Waals surface area contributed by atoms with Gasteiger partial charge in [-0.25, -0.2) is 4.57 Å². The minimum atomic E-state index is -4.32. The van der Waals surface area contributed by atoms with Crippen LogP contribution in [0.4, 0.5) is 0 Å². The molecule has 0 aliphatic carbocycles. The fourth-order valence-corrected chi connectivity index (χ4v) is 7.31. The van der Waals surface area contributed by atoms with Crippen LogP contribution in [0.25, 0.3) is 0 Å². The highest BCUT2D eigenvalue weighted by atomic mass is 31.2. The summed E-state index contributed by atoms with van der Waals surface area (Å²) in [6.45, 7) is 4.19. The standard InChI is InChI=1S/C45H87N2O6P/c1-3-5-7-9-11-13-15-17-18-19-20-21-22-23-24-25-26-27-29-31-33-35-37-39-45(49)47-43(42-53-54(50,51)52-41-40-46)44(48)38-36-34-32-30-28-16-14-12-10-8-6-4-2/h15,17,19-20,22-23,43-44,48H,3-14,16,18,21,24-42,46H2,1-2H3,(H,47,49)(H,50,51)/b17-15-,20-19-,23-22-. The van der Waals surface area contributed by atoms with E-state index < -0.39 is 20.0 Å². The van der Waals surface area contributed by atoms with E-state index in [4.69, 9.17) is 14.8 Å². The Kier molecular flexibility index (Phi) is 40.4. The van der Waals surface area contributed by atoms with Crippen LogP contribution in [0.15, 0.2) is 36.5 Å². The second-order valence-electron chi connectivity index (χ2n) is 15.3. The summed E-state index contributed by atoms with van der Waals surface area (Å²) in [5.41, 5.74) is 5.38. The fraction of sp³-hybridized carbons (Fsp3) is 0.844. The normalized spacial score (nSPS) is 14.4. The van der Waals surface area contributed by atoms with E-state index in [2.05, 4.69) is 55.6 Å². The summed E-state index contributed by atoms with van der Waals surface area (Å²) < 4.78 is 22.2. The van der Waals surface area contributed by atoms with Gasteiger partial charge in [-0.3, -0.25) is 13.8 Å². The van der Waals surface area contributed by atoms with Gasteiger partial charge in [-0.2, -0.15) is 0 Å². The van der Waals surface area contributed by atoms with E-state index >= 15 is 0 Å². The summed E-state index contributed by atoms with van der Waals surface area (Å²) in [7, 11) is -4.32. The molecule has 0 fully saturated rings. The molecule has 0 saturated carbocycles. The quantitative estimate of drug-likeness (QED) is 0.0275. The lowest BCUT2D eigenvalue weighted by molar-refractivity contribution is -0.123. The van der Waals surface area contributed by atoms with E-state index in [1.807, 2.05) is 0 Å². The Labute approximate surface area is 333 Å². The van der Waals surface area contributed by atoms with Gasteiger partial charge in [-0.05, 0) is 51.4 Å². The van der Waals surface area contributed by atoms with E-state index in [0.717, 1.165) is 57.8 Å². The summed E-state index contributed by atoms with van der Waals surface area (Å²) in [4.78, 5) is 22.7. The summed E-state index contributed by atoms with van der Waals surface area (Å²) in [5.74, 6) is -0.170. The van der Waals surface area contributed by atoms with Gasteiger partial charge in [0.25, 0.3) is 0 Å². The van der Waals surface area contributed by atoms with Gasteiger partial charge in [0.1, 0.15) is 0 Å². The average molecular weight is 783 g/mol. The first kappa shape index (κ1) is 52.7. The third-order valence-corrected chi connectivity index (χ3v) is 11.0. The number of rotatable bonds is 42. The maximum absolute atomic E-state index is 12.8. The number of nitrogens with one attached hydrogen (secondary N) is 1. The molecule has 0 saturated heterocycles. The summed E-state index contributed by atoms with van der Waals surface area (Å²) in [6.07, 6.45) is 48.7. The molecule has 0 aromatic heterocycles. The third kappa shape index (κ3) is 39.0. The van der Waals surface area contributed by atoms with Crippen molar-refractivity contribution in [3.8, 4) is 0 Å². The van der Waals surface area contributed by atoms with E-state index in [0.29, 0.717) is 12.8 Å². The number of allylic oxidation sites excluding steroid dienone is 6. The Balaban J connectivity index is 4.10. The molecule has 54 heavy (non-hydrogen) atoms. The highest BCUT2D eigenvalue weighted by Gasteiger charge is 2.27. The number of carbonyl (C=O) groups is 1. The zero-order chi connectivity index (χ0) is 39.6. The molecular formula is C45H87N2O6P. The highest BCUT2D eigenvalue weighted by molar-refractivity contribution is 7.47. The molecule has 0 rings (SSSR count). The molecule has 0 bridgehead atoms. The molecule has 0 aliphatic rings. The number of aliphatic hydroxyl groups excluding tert-OH is 1. The second-order valence-corrected chi connectivity index (χ2v) is 16.7. The average Bonchev–Trinajstić information content (AvgIpc) is 3.16. The Morgan fingerprint density at radius 2 is 1.02 bits per heavy atom. The van der Waals surface area contributed by atoms with Crippen LogP contribution in [0.5, 0.6) is 0 Å². The Bertz CT molecular complexity index is 943. The van der Waals surface area contributed by atoms with E-state index in [1.165, 1.54) is 128 Å². The summed E-state index contributed by atoms with van der Waals surface area (Å²) in [6, 6.07) is -0.777. The van der Waals surface area contributed by atoms with Crippen LogP contribution < -0.4 is 11.1 Å². The molecule has 3 atom stereocenters. The lowest BCUT2D eigenvalue weighted by atomic mass is 10.0. The van der Waals surface area contributed by atoms with Crippen LogP contribution in [0.3, 0.4) is 0 Å². The molecule has 318 valence electrons. The number of hydrogen-bond acceptors (Lipinski definition) is 6.